The summed E-state index contributed by atoms with van der Waals surface area (Å²) in [6.45, 7) is 0. The number of nitrogens with one attached hydrogen (secondary N) is 2. The van der Waals surface area contributed by atoms with Crippen LogP contribution in [0.1, 0.15) is 32.0 Å². The van der Waals surface area contributed by atoms with E-state index < -0.39 is 5.91 Å². The van der Waals surface area contributed by atoms with E-state index in [2.05, 4.69) is 10.3 Å². The van der Waals surface area contributed by atoms with Crippen molar-refractivity contribution in [2.75, 3.05) is 5.32 Å². The number of nitrogens with zero attached hydrogens (tertiary/aromatic N) is 1. The van der Waals surface area contributed by atoms with Crippen molar-refractivity contribution in [1.29, 1.82) is 5.41 Å². The topological polar surface area (TPSA) is 129 Å². The number of carbonyl (C=O) groups is 2. The molecule has 8 heteroatoms. The van der Waals surface area contributed by atoms with Gasteiger partial charge in [0.25, 0.3) is 5.91 Å². The van der Waals surface area contributed by atoms with Crippen LogP contribution in [0.25, 0.3) is 0 Å². The number of amidine groups is 1. The molecule has 0 radical (unpaired) electrons. The first-order chi connectivity index (χ1) is 13.8. The number of benzene rings is 2. The average molecular weight is 409 g/mol. The van der Waals surface area contributed by atoms with Gasteiger partial charge in [0.1, 0.15) is 11.6 Å². The zero-order valence-corrected chi connectivity index (χ0v) is 15.9. The van der Waals surface area contributed by atoms with E-state index in [9.17, 15) is 14.7 Å². The lowest BCUT2D eigenvalue weighted by Gasteiger charge is -2.11. The molecule has 1 heterocycles. The predicted molar refractivity (Wildman–Crippen MR) is 111 cm³/mol. The van der Waals surface area contributed by atoms with Gasteiger partial charge in [-0.15, -0.1) is 0 Å². The van der Waals surface area contributed by atoms with E-state index in [1.807, 2.05) is 0 Å². The third-order valence-electron chi connectivity index (χ3n) is 4.14. The molecule has 0 spiro atoms. The highest BCUT2D eigenvalue weighted by Gasteiger charge is 2.16. The summed E-state index contributed by atoms with van der Waals surface area (Å²) in [4.78, 5) is 29.4. The molecule has 0 bridgehead atoms. The molecule has 1 aromatic heterocycles. The lowest BCUT2D eigenvalue weighted by molar-refractivity contribution is 0.0992. The summed E-state index contributed by atoms with van der Waals surface area (Å²) in [5.41, 5.74) is 7.19. The van der Waals surface area contributed by atoms with Gasteiger partial charge >= 0.3 is 0 Å². The second-order valence-corrected chi connectivity index (χ2v) is 6.68. The van der Waals surface area contributed by atoms with Crippen molar-refractivity contribution in [3.8, 4) is 5.75 Å². The summed E-state index contributed by atoms with van der Waals surface area (Å²) < 4.78 is 0. The van der Waals surface area contributed by atoms with Gasteiger partial charge in [-0.05, 0) is 42.5 Å². The van der Waals surface area contributed by atoms with E-state index in [0.29, 0.717) is 21.8 Å². The monoisotopic (exact) mass is 408 g/mol. The number of halogens is 1. The van der Waals surface area contributed by atoms with Crippen molar-refractivity contribution >= 4 is 34.8 Å². The Labute approximate surface area is 171 Å². The number of hydrogen-bond acceptors (Lipinski definition) is 5. The third kappa shape index (κ3) is 4.97. The molecule has 0 saturated carbocycles. The Bertz CT molecular complexity index is 1080. The smallest absolute Gasteiger partial charge is 0.255 e. The third-order valence-corrected chi connectivity index (χ3v) is 4.36. The second kappa shape index (κ2) is 8.53. The normalized spacial score (nSPS) is 10.4. The number of hydrogen-bond donors (Lipinski definition) is 4. The van der Waals surface area contributed by atoms with Crippen LogP contribution in [0.5, 0.6) is 5.75 Å². The SMILES string of the molecule is N=C(N)c1ccc(C(=O)Nc2ccc(O)cc2C(=O)Cc2ccc(Cl)cn2)cc1. The van der Waals surface area contributed by atoms with Crippen LogP contribution in [0.2, 0.25) is 5.02 Å². The average Bonchev–Trinajstić information content (AvgIpc) is 2.71. The van der Waals surface area contributed by atoms with E-state index in [4.69, 9.17) is 22.7 Å². The minimum Gasteiger partial charge on any atom is -0.508 e. The molecule has 146 valence electrons. The van der Waals surface area contributed by atoms with Crippen LogP contribution in [-0.4, -0.2) is 27.6 Å². The van der Waals surface area contributed by atoms with Crippen molar-refractivity contribution in [3.05, 3.63) is 88.2 Å². The fourth-order valence-corrected chi connectivity index (χ4v) is 2.75. The number of aromatic hydroxyl groups is 1. The molecule has 1 amide bonds. The maximum atomic E-state index is 12.7. The number of pyridine rings is 1. The lowest BCUT2D eigenvalue weighted by Crippen LogP contribution is -2.16. The molecule has 3 aromatic rings. The van der Waals surface area contributed by atoms with Crippen molar-refractivity contribution in [2.45, 2.75) is 6.42 Å². The van der Waals surface area contributed by atoms with Crippen molar-refractivity contribution in [3.63, 3.8) is 0 Å². The standard InChI is InChI=1S/C21H17ClN4O3/c22-14-5-6-15(25-11-14)9-19(28)17-10-16(27)7-8-18(17)26-21(29)13-3-1-12(2-4-13)20(23)24/h1-8,10-11,27H,9H2,(H3,23,24)(H,26,29). The van der Waals surface area contributed by atoms with Crippen LogP contribution in [0.15, 0.2) is 60.8 Å². The number of ketones is 1. The first kappa shape index (κ1) is 20.0. The number of aromatic nitrogens is 1. The Morgan fingerprint density at radius 2 is 1.76 bits per heavy atom. The van der Waals surface area contributed by atoms with Gasteiger partial charge in [-0.2, -0.15) is 0 Å². The molecular weight excluding hydrogens is 392 g/mol. The Balaban J connectivity index is 1.82. The first-order valence-corrected chi connectivity index (χ1v) is 8.94. The molecule has 5 N–H and O–H groups in total. The zero-order chi connectivity index (χ0) is 21.0. The number of amides is 1. The number of nitrogens with two attached hydrogens (primary N) is 1. The van der Waals surface area contributed by atoms with E-state index in [1.165, 1.54) is 36.5 Å². The van der Waals surface area contributed by atoms with Crippen molar-refractivity contribution in [1.82, 2.24) is 4.98 Å². The van der Waals surface area contributed by atoms with Gasteiger partial charge in [-0.1, -0.05) is 23.7 Å². The highest BCUT2D eigenvalue weighted by molar-refractivity contribution is 6.30. The number of carbonyl (C=O) groups excluding carboxylic acids is 2. The lowest BCUT2D eigenvalue weighted by atomic mass is 10.0. The molecule has 3 rings (SSSR count). The molecule has 29 heavy (non-hydrogen) atoms. The fraction of sp³-hybridized carbons (Fsp3) is 0.0476. The molecule has 0 aliphatic carbocycles. The van der Waals surface area contributed by atoms with Crippen molar-refractivity contribution < 1.29 is 14.7 Å². The second-order valence-electron chi connectivity index (χ2n) is 6.24. The van der Waals surface area contributed by atoms with Crippen LogP contribution < -0.4 is 11.1 Å². The van der Waals surface area contributed by atoms with Gasteiger partial charge in [0.15, 0.2) is 5.78 Å². The highest BCUT2D eigenvalue weighted by atomic mass is 35.5. The van der Waals surface area contributed by atoms with Crippen LogP contribution in [0.3, 0.4) is 0 Å². The quantitative estimate of drug-likeness (QED) is 0.215. The molecule has 0 saturated heterocycles. The molecule has 0 aliphatic rings. The van der Waals surface area contributed by atoms with Gasteiger partial charge < -0.3 is 16.2 Å². The molecular formula is C21H17ClN4O3. The minimum atomic E-state index is -0.440. The predicted octanol–water partition coefficient (Wildman–Crippen LogP) is 3.40. The summed E-state index contributed by atoms with van der Waals surface area (Å²) in [6, 6.07) is 13.6. The Morgan fingerprint density at radius 3 is 2.38 bits per heavy atom. The van der Waals surface area contributed by atoms with Crippen molar-refractivity contribution in [2.24, 2.45) is 5.73 Å². The summed E-state index contributed by atoms with van der Waals surface area (Å²) >= 11 is 5.81. The molecule has 0 unspecified atom stereocenters. The summed E-state index contributed by atoms with van der Waals surface area (Å²) in [5.74, 6) is -0.956. The zero-order valence-electron chi connectivity index (χ0n) is 15.1. The molecule has 7 nitrogen and oxygen atoms in total. The number of rotatable bonds is 6. The molecule has 2 aromatic carbocycles. The molecule has 0 atom stereocenters. The summed E-state index contributed by atoms with van der Waals surface area (Å²) in [7, 11) is 0. The van der Waals surface area contributed by atoms with Gasteiger partial charge in [-0.25, -0.2) is 0 Å². The summed E-state index contributed by atoms with van der Waals surface area (Å²) in [5, 5.41) is 20.3. The van der Waals surface area contributed by atoms with Crippen LogP contribution in [-0.2, 0) is 6.42 Å². The van der Waals surface area contributed by atoms with Crippen LogP contribution >= 0.6 is 11.6 Å². The van der Waals surface area contributed by atoms with Crippen LogP contribution in [0.4, 0.5) is 5.69 Å². The number of Topliss-reactive ketones (excluding diaryl/α,β-unsaturated/α-hetero) is 1. The maximum Gasteiger partial charge on any atom is 0.255 e. The van der Waals surface area contributed by atoms with E-state index >= 15 is 0 Å². The van der Waals surface area contributed by atoms with Gasteiger partial charge in [-0.3, -0.25) is 20.0 Å². The van der Waals surface area contributed by atoms with Gasteiger partial charge in [0.2, 0.25) is 0 Å². The summed E-state index contributed by atoms with van der Waals surface area (Å²) in [6.07, 6.45) is 1.43. The molecule has 0 aliphatic heterocycles. The first-order valence-electron chi connectivity index (χ1n) is 8.56. The number of nitrogen functional groups attached to an aromatic ring is 1. The molecule has 0 fully saturated rings. The van der Waals surface area contributed by atoms with E-state index in [1.54, 1.807) is 24.3 Å². The Hall–Kier alpha value is -3.71. The maximum absolute atomic E-state index is 12.7. The highest BCUT2D eigenvalue weighted by Crippen LogP contribution is 2.24. The van der Waals surface area contributed by atoms with Gasteiger partial charge in [0.05, 0.1) is 17.1 Å². The van der Waals surface area contributed by atoms with E-state index in [-0.39, 0.29) is 35.0 Å². The van der Waals surface area contributed by atoms with Crippen LogP contribution in [0, 0.1) is 5.41 Å². The number of phenols is 1. The Morgan fingerprint density at radius 1 is 1.07 bits per heavy atom. The van der Waals surface area contributed by atoms with E-state index in [0.717, 1.165) is 0 Å². The number of phenolic OH excluding ortho intramolecular Hbond substituents is 1. The number of anilines is 1. The van der Waals surface area contributed by atoms with Gasteiger partial charge in [0, 0.05) is 28.6 Å². The minimum absolute atomic E-state index is 0.0171. The largest absolute Gasteiger partial charge is 0.508 e. The Kier molecular flexibility index (Phi) is 5.90. The fourth-order valence-electron chi connectivity index (χ4n) is 2.64.